The summed E-state index contributed by atoms with van der Waals surface area (Å²) in [5, 5.41) is 3.37. The largest absolute Gasteiger partial charge is 0.495 e. The van der Waals surface area contributed by atoms with Crippen LogP contribution in [0.5, 0.6) is 5.75 Å². The van der Waals surface area contributed by atoms with Crippen molar-refractivity contribution in [1.29, 1.82) is 0 Å². The molecule has 1 rings (SSSR count). The Bertz CT molecular complexity index is 318. The Labute approximate surface area is 86.3 Å². The Kier molecular flexibility index (Phi) is 3.39. The molecule has 0 aromatic heterocycles. The van der Waals surface area contributed by atoms with Crippen LogP contribution in [0.15, 0.2) is 12.1 Å². The van der Waals surface area contributed by atoms with E-state index in [-0.39, 0.29) is 0 Å². The van der Waals surface area contributed by atoms with Gasteiger partial charge in [0.25, 0.3) is 0 Å². The third kappa shape index (κ3) is 2.41. The van der Waals surface area contributed by atoms with Crippen molar-refractivity contribution in [2.45, 2.75) is 33.7 Å². The molecule has 1 aromatic rings. The zero-order valence-electron chi connectivity index (χ0n) is 9.64. The van der Waals surface area contributed by atoms with Gasteiger partial charge in [0, 0.05) is 6.04 Å². The maximum Gasteiger partial charge on any atom is 0.142 e. The Balaban J connectivity index is 3.07. The van der Waals surface area contributed by atoms with E-state index in [1.807, 2.05) is 0 Å². The summed E-state index contributed by atoms with van der Waals surface area (Å²) in [6.07, 6.45) is 0. The standard InChI is InChI=1S/C12H19NO/c1-8(2)13-11-6-9(3)10(4)7-12(11)14-5/h6-8,13H,1-5H3. The number of rotatable bonds is 3. The van der Waals surface area contributed by atoms with Crippen molar-refractivity contribution in [2.24, 2.45) is 0 Å². The number of methoxy groups -OCH3 is 1. The molecular formula is C12H19NO. The lowest BCUT2D eigenvalue weighted by molar-refractivity contribution is 0.415. The summed E-state index contributed by atoms with van der Waals surface area (Å²) < 4.78 is 5.32. The monoisotopic (exact) mass is 193 g/mol. The van der Waals surface area contributed by atoms with Crippen LogP contribution in [0.3, 0.4) is 0 Å². The van der Waals surface area contributed by atoms with E-state index < -0.39 is 0 Å². The van der Waals surface area contributed by atoms with E-state index in [0.29, 0.717) is 6.04 Å². The first-order valence-corrected chi connectivity index (χ1v) is 4.96. The lowest BCUT2D eigenvalue weighted by atomic mass is 10.1. The van der Waals surface area contributed by atoms with Gasteiger partial charge in [0.2, 0.25) is 0 Å². The summed E-state index contributed by atoms with van der Waals surface area (Å²) in [6.45, 7) is 8.44. The van der Waals surface area contributed by atoms with Crippen molar-refractivity contribution in [1.82, 2.24) is 0 Å². The van der Waals surface area contributed by atoms with Gasteiger partial charge in [-0.2, -0.15) is 0 Å². The van der Waals surface area contributed by atoms with E-state index in [1.54, 1.807) is 7.11 Å². The Morgan fingerprint density at radius 2 is 1.71 bits per heavy atom. The second-order valence-electron chi connectivity index (χ2n) is 3.94. The molecule has 0 aliphatic carbocycles. The van der Waals surface area contributed by atoms with E-state index in [0.717, 1.165) is 11.4 Å². The maximum atomic E-state index is 5.32. The number of nitrogens with one attached hydrogen (secondary N) is 1. The van der Waals surface area contributed by atoms with Crippen molar-refractivity contribution in [2.75, 3.05) is 12.4 Å². The average molecular weight is 193 g/mol. The molecule has 0 aliphatic rings. The van der Waals surface area contributed by atoms with Gasteiger partial charge in [-0.25, -0.2) is 0 Å². The van der Waals surface area contributed by atoms with Gasteiger partial charge in [0.05, 0.1) is 12.8 Å². The molecule has 0 atom stereocenters. The van der Waals surface area contributed by atoms with Gasteiger partial charge in [0.15, 0.2) is 0 Å². The van der Waals surface area contributed by atoms with Crippen LogP contribution >= 0.6 is 0 Å². The highest BCUT2D eigenvalue weighted by Crippen LogP contribution is 2.28. The maximum absolute atomic E-state index is 5.32. The van der Waals surface area contributed by atoms with Gasteiger partial charge in [-0.05, 0) is 51.0 Å². The molecule has 0 radical (unpaired) electrons. The van der Waals surface area contributed by atoms with Crippen LogP contribution in [0.1, 0.15) is 25.0 Å². The molecule has 0 spiro atoms. The minimum Gasteiger partial charge on any atom is -0.495 e. The average Bonchev–Trinajstić information content (AvgIpc) is 2.10. The summed E-state index contributed by atoms with van der Waals surface area (Å²) in [6, 6.07) is 4.62. The molecule has 1 N–H and O–H groups in total. The fraction of sp³-hybridized carbons (Fsp3) is 0.500. The first kappa shape index (κ1) is 10.9. The summed E-state index contributed by atoms with van der Waals surface area (Å²) >= 11 is 0. The molecule has 78 valence electrons. The first-order valence-electron chi connectivity index (χ1n) is 4.96. The zero-order chi connectivity index (χ0) is 10.7. The molecule has 2 heteroatoms. The Hall–Kier alpha value is -1.18. The lowest BCUT2D eigenvalue weighted by Gasteiger charge is -2.15. The van der Waals surface area contributed by atoms with E-state index in [9.17, 15) is 0 Å². The first-order chi connectivity index (χ1) is 6.54. The molecule has 0 amide bonds. The number of hydrogen-bond acceptors (Lipinski definition) is 2. The van der Waals surface area contributed by atoms with Crippen LogP contribution in [0.4, 0.5) is 5.69 Å². The van der Waals surface area contributed by atoms with E-state index in [2.05, 4.69) is 45.1 Å². The van der Waals surface area contributed by atoms with Crippen LogP contribution in [0.2, 0.25) is 0 Å². The molecule has 0 saturated heterocycles. The molecule has 2 nitrogen and oxygen atoms in total. The normalized spacial score (nSPS) is 10.4. The van der Waals surface area contributed by atoms with Crippen molar-refractivity contribution in [3.63, 3.8) is 0 Å². The highest BCUT2D eigenvalue weighted by atomic mass is 16.5. The summed E-state index contributed by atoms with van der Waals surface area (Å²) in [5.74, 6) is 0.918. The predicted octanol–water partition coefficient (Wildman–Crippen LogP) is 3.13. The van der Waals surface area contributed by atoms with E-state index in [1.165, 1.54) is 11.1 Å². The molecule has 0 aliphatic heterocycles. The number of hydrogen-bond donors (Lipinski definition) is 1. The summed E-state index contributed by atoms with van der Waals surface area (Å²) in [7, 11) is 1.70. The lowest BCUT2D eigenvalue weighted by Crippen LogP contribution is -2.11. The molecule has 0 bridgehead atoms. The zero-order valence-corrected chi connectivity index (χ0v) is 9.64. The molecule has 0 heterocycles. The fourth-order valence-corrected chi connectivity index (χ4v) is 1.38. The van der Waals surface area contributed by atoms with E-state index in [4.69, 9.17) is 4.74 Å². The van der Waals surface area contributed by atoms with Crippen LogP contribution in [0, 0.1) is 13.8 Å². The fourth-order valence-electron chi connectivity index (χ4n) is 1.38. The number of aryl methyl sites for hydroxylation is 2. The van der Waals surface area contributed by atoms with Crippen molar-refractivity contribution < 1.29 is 4.74 Å². The predicted molar refractivity (Wildman–Crippen MR) is 61.2 cm³/mol. The second kappa shape index (κ2) is 4.36. The minimum absolute atomic E-state index is 0.422. The molecule has 0 unspecified atom stereocenters. The molecule has 1 aromatic carbocycles. The highest BCUT2D eigenvalue weighted by molar-refractivity contribution is 5.60. The van der Waals surface area contributed by atoms with Gasteiger partial charge >= 0.3 is 0 Å². The molecule has 14 heavy (non-hydrogen) atoms. The van der Waals surface area contributed by atoms with Gasteiger partial charge in [0.1, 0.15) is 5.75 Å². The van der Waals surface area contributed by atoms with Gasteiger partial charge in [-0.15, -0.1) is 0 Å². The number of benzene rings is 1. The van der Waals surface area contributed by atoms with Crippen LogP contribution in [-0.2, 0) is 0 Å². The molecular weight excluding hydrogens is 174 g/mol. The van der Waals surface area contributed by atoms with Gasteiger partial charge < -0.3 is 10.1 Å². The van der Waals surface area contributed by atoms with Gasteiger partial charge in [-0.1, -0.05) is 0 Å². The van der Waals surface area contributed by atoms with Crippen molar-refractivity contribution in [3.8, 4) is 5.75 Å². The summed E-state index contributed by atoms with van der Waals surface area (Å²) in [5.41, 5.74) is 3.62. The Morgan fingerprint density at radius 1 is 1.14 bits per heavy atom. The minimum atomic E-state index is 0.422. The third-order valence-electron chi connectivity index (χ3n) is 2.26. The molecule has 0 fully saturated rings. The number of ether oxygens (including phenoxy) is 1. The topological polar surface area (TPSA) is 21.3 Å². The van der Waals surface area contributed by atoms with Gasteiger partial charge in [-0.3, -0.25) is 0 Å². The van der Waals surface area contributed by atoms with E-state index >= 15 is 0 Å². The Morgan fingerprint density at radius 3 is 2.21 bits per heavy atom. The smallest absolute Gasteiger partial charge is 0.142 e. The second-order valence-corrected chi connectivity index (χ2v) is 3.94. The van der Waals surface area contributed by atoms with Crippen molar-refractivity contribution >= 4 is 5.69 Å². The molecule has 0 saturated carbocycles. The quantitative estimate of drug-likeness (QED) is 0.796. The highest BCUT2D eigenvalue weighted by Gasteiger charge is 2.06. The van der Waals surface area contributed by atoms with Crippen LogP contribution in [-0.4, -0.2) is 13.2 Å². The third-order valence-corrected chi connectivity index (χ3v) is 2.26. The number of anilines is 1. The van der Waals surface area contributed by atoms with Crippen molar-refractivity contribution in [3.05, 3.63) is 23.3 Å². The SMILES string of the molecule is COc1cc(C)c(C)cc1NC(C)C. The van der Waals surface area contributed by atoms with Crippen LogP contribution < -0.4 is 10.1 Å². The summed E-state index contributed by atoms with van der Waals surface area (Å²) in [4.78, 5) is 0. The van der Waals surface area contributed by atoms with Crippen LogP contribution in [0.25, 0.3) is 0 Å².